The number of carboxylic acid groups (broad SMARTS) is 1. The number of nitrogens with zero attached hydrogens (tertiary/aromatic N) is 2. The fourth-order valence-electron chi connectivity index (χ4n) is 3.47. The molecule has 0 saturated heterocycles. The summed E-state index contributed by atoms with van der Waals surface area (Å²) in [5, 5.41) is 12.7. The Hall–Kier alpha value is -4.61. The zero-order valence-corrected chi connectivity index (χ0v) is 22.9. The average molecular weight is 587 g/mol. The van der Waals surface area contributed by atoms with Gasteiger partial charge >= 0.3 is 0 Å². The van der Waals surface area contributed by atoms with Gasteiger partial charge in [-0.3, -0.25) is 19.2 Å². The molecule has 0 aliphatic heterocycles. The number of carbonyl (C=O) groups is 4. The van der Waals surface area contributed by atoms with Gasteiger partial charge in [-0.15, -0.1) is 0 Å². The van der Waals surface area contributed by atoms with Gasteiger partial charge in [0.05, 0.1) is 27.8 Å². The summed E-state index contributed by atoms with van der Waals surface area (Å²) < 4.78 is 0. The number of carbonyl (C=O) groups excluding carboxylic acids is 3. The first-order valence-corrected chi connectivity index (χ1v) is 12.4. The quantitative estimate of drug-likeness (QED) is 0.110. The number of amides is 3. The summed E-state index contributed by atoms with van der Waals surface area (Å²) in [6, 6.07) is 19.3. The molecule has 0 aliphatic rings. The van der Waals surface area contributed by atoms with Crippen LogP contribution in [0, 0.1) is 0 Å². The number of rotatable bonds is 9. The third-order valence-corrected chi connectivity index (χ3v) is 5.78. The van der Waals surface area contributed by atoms with Crippen LogP contribution >= 0.6 is 23.2 Å². The fraction of sp³-hybridized carbons (Fsp3) is 0.148. The smallest absolute Gasteiger partial charge is 0.290 e. The van der Waals surface area contributed by atoms with E-state index in [0.29, 0.717) is 11.3 Å². The molecule has 0 radical (unpaired) electrons. The van der Waals surface area contributed by atoms with E-state index in [1.165, 1.54) is 18.0 Å². The zero-order valence-electron chi connectivity index (χ0n) is 21.4. The summed E-state index contributed by atoms with van der Waals surface area (Å²) in [6.07, 6.45) is 0. The van der Waals surface area contributed by atoms with Crippen molar-refractivity contribution in [2.75, 3.05) is 26.7 Å². The SMILES string of the molecule is CN(CC(=O)NCCNC(=O)c1c(Cl)cc(-c2ccccc2)cc1Cl)C(=O)c1cccc(N=C(N)N)c1.O=CO. The van der Waals surface area contributed by atoms with Crippen molar-refractivity contribution in [3.8, 4) is 11.1 Å². The molecule has 3 aromatic carbocycles. The number of halogens is 2. The van der Waals surface area contributed by atoms with Crippen LogP contribution in [-0.2, 0) is 9.59 Å². The second-order valence-electron chi connectivity index (χ2n) is 8.14. The van der Waals surface area contributed by atoms with Crippen molar-refractivity contribution in [1.29, 1.82) is 0 Å². The van der Waals surface area contributed by atoms with Gasteiger partial charge in [0.1, 0.15) is 0 Å². The number of nitrogens with two attached hydrogens (primary N) is 2. The van der Waals surface area contributed by atoms with E-state index in [1.807, 2.05) is 30.3 Å². The number of benzene rings is 3. The summed E-state index contributed by atoms with van der Waals surface area (Å²) in [5.74, 6) is -1.36. The molecule has 0 aromatic heterocycles. The molecule has 0 aliphatic carbocycles. The minimum Gasteiger partial charge on any atom is -0.483 e. The van der Waals surface area contributed by atoms with Crippen LogP contribution in [0.2, 0.25) is 10.0 Å². The third-order valence-electron chi connectivity index (χ3n) is 5.19. The summed E-state index contributed by atoms with van der Waals surface area (Å²) in [5.41, 5.74) is 13.4. The number of aliphatic imine (C=N–C) groups is 1. The molecule has 0 unspecified atom stereocenters. The highest BCUT2D eigenvalue weighted by atomic mass is 35.5. The van der Waals surface area contributed by atoms with Gasteiger partial charge < -0.3 is 32.1 Å². The minimum absolute atomic E-state index is 0.127. The number of hydrogen-bond donors (Lipinski definition) is 5. The van der Waals surface area contributed by atoms with Crippen LogP contribution in [0.15, 0.2) is 71.7 Å². The monoisotopic (exact) mass is 586 g/mol. The maximum atomic E-state index is 12.6. The van der Waals surface area contributed by atoms with Crippen LogP contribution in [0.3, 0.4) is 0 Å². The summed E-state index contributed by atoms with van der Waals surface area (Å²) in [7, 11) is 1.50. The lowest BCUT2D eigenvalue weighted by Crippen LogP contribution is -2.41. The van der Waals surface area contributed by atoms with Crippen LogP contribution in [0.25, 0.3) is 11.1 Å². The minimum atomic E-state index is -0.461. The molecule has 3 rings (SSSR count). The molecule has 11 nitrogen and oxygen atoms in total. The Balaban J connectivity index is 0.00000178. The van der Waals surface area contributed by atoms with E-state index in [1.54, 1.807) is 30.3 Å². The molecule has 0 saturated carbocycles. The van der Waals surface area contributed by atoms with Crippen molar-refractivity contribution in [2.24, 2.45) is 16.5 Å². The lowest BCUT2D eigenvalue weighted by molar-refractivity contribution is -0.123. The lowest BCUT2D eigenvalue weighted by atomic mass is 10.0. The molecule has 3 aromatic rings. The Morgan fingerprint density at radius 1 is 0.925 bits per heavy atom. The Bertz CT molecular complexity index is 1360. The topological polar surface area (TPSA) is 180 Å². The molecule has 0 fully saturated rings. The van der Waals surface area contributed by atoms with Crippen LogP contribution in [0.1, 0.15) is 20.7 Å². The van der Waals surface area contributed by atoms with Gasteiger partial charge in [-0.2, -0.15) is 0 Å². The number of nitrogens with one attached hydrogen (secondary N) is 2. The first kappa shape index (κ1) is 31.6. The van der Waals surface area contributed by atoms with Gasteiger partial charge in [0.15, 0.2) is 5.96 Å². The van der Waals surface area contributed by atoms with Gasteiger partial charge in [-0.05, 0) is 41.5 Å². The average Bonchev–Trinajstić information content (AvgIpc) is 2.91. The Kier molecular flexibility index (Phi) is 12.4. The van der Waals surface area contributed by atoms with Crippen LogP contribution in [0.5, 0.6) is 0 Å². The van der Waals surface area contributed by atoms with Crippen molar-refractivity contribution >= 4 is 59.0 Å². The fourth-order valence-corrected chi connectivity index (χ4v) is 4.13. The molecule has 7 N–H and O–H groups in total. The largest absolute Gasteiger partial charge is 0.483 e. The van der Waals surface area contributed by atoms with Gasteiger partial charge in [-0.1, -0.05) is 59.6 Å². The van der Waals surface area contributed by atoms with Crippen molar-refractivity contribution in [1.82, 2.24) is 15.5 Å². The highest BCUT2D eigenvalue weighted by Gasteiger charge is 2.18. The van der Waals surface area contributed by atoms with Gasteiger partial charge in [0, 0.05) is 25.7 Å². The molecule has 0 spiro atoms. The zero-order chi connectivity index (χ0) is 29.7. The van der Waals surface area contributed by atoms with E-state index in [9.17, 15) is 14.4 Å². The highest BCUT2D eigenvalue weighted by Crippen LogP contribution is 2.31. The second kappa shape index (κ2) is 15.7. The van der Waals surface area contributed by atoms with E-state index in [-0.39, 0.29) is 53.6 Å². The maximum absolute atomic E-state index is 12.6. The molecule has 3 amide bonds. The predicted molar refractivity (Wildman–Crippen MR) is 155 cm³/mol. The lowest BCUT2D eigenvalue weighted by Gasteiger charge is -2.17. The van der Waals surface area contributed by atoms with E-state index in [2.05, 4.69) is 15.6 Å². The highest BCUT2D eigenvalue weighted by molar-refractivity contribution is 6.40. The van der Waals surface area contributed by atoms with Crippen LogP contribution in [-0.4, -0.2) is 66.8 Å². The second-order valence-corrected chi connectivity index (χ2v) is 8.95. The summed E-state index contributed by atoms with van der Waals surface area (Å²) in [4.78, 5) is 51.1. The molecule has 0 bridgehead atoms. The van der Waals surface area contributed by atoms with E-state index >= 15 is 0 Å². The molecule has 210 valence electrons. The molecule has 40 heavy (non-hydrogen) atoms. The van der Waals surface area contributed by atoms with Gasteiger partial charge in [0.25, 0.3) is 18.3 Å². The molecular formula is C27H28Cl2N6O5. The summed E-state index contributed by atoms with van der Waals surface area (Å²) in [6.45, 7) is -0.155. The van der Waals surface area contributed by atoms with E-state index in [4.69, 9.17) is 44.6 Å². The Morgan fingerprint density at radius 3 is 2.12 bits per heavy atom. The summed E-state index contributed by atoms with van der Waals surface area (Å²) >= 11 is 12.7. The number of hydrogen-bond acceptors (Lipinski definition) is 5. The molecule has 0 atom stereocenters. The van der Waals surface area contributed by atoms with Crippen LogP contribution in [0.4, 0.5) is 5.69 Å². The van der Waals surface area contributed by atoms with Crippen molar-refractivity contribution < 1.29 is 24.3 Å². The normalized spacial score (nSPS) is 9.88. The number of likely N-dealkylation sites (N-methyl/N-ethyl adjacent to an activating group) is 1. The molecular weight excluding hydrogens is 559 g/mol. The van der Waals surface area contributed by atoms with Gasteiger partial charge in [0.2, 0.25) is 5.91 Å². The van der Waals surface area contributed by atoms with Crippen molar-refractivity contribution in [3.05, 3.63) is 87.9 Å². The number of guanidine groups is 1. The first-order valence-electron chi connectivity index (χ1n) is 11.7. The molecule has 0 heterocycles. The maximum Gasteiger partial charge on any atom is 0.290 e. The van der Waals surface area contributed by atoms with Gasteiger partial charge in [-0.25, -0.2) is 4.99 Å². The van der Waals surface area contributed by atoms with Crippen molar-refractivity contribution in [3.63, 3.8) is 0 Å². The first-order chi connectivity index (χ1) is 19.1. The Morgan fingerprint density at radius 2 is 1.52 bits per heavy atom. The predicted octanol–water partition coefficient (Wildman–Crippen LogP) is 2.88. The van der Waals surface area contributed by atoms with E-state index < -0.39 is 11.8 Å². The van der Waals surface area contributed by atoms with E-state index in [0.717, 1.165) is 11.1 Å². The molecule has 13 heteroatoms. The van der Waals surface area contributed by atoms with Crippen LogP contribution < -0.4 is 22.1 Å². The Labute approximate surface area is 240 Å². The third kappa shape index (κ3) is 9.61. The standard InChI is InChI=1S/C26H26Cl2N6O3.CH2O2/c1-34(25(37)17-8-5-9-19(12-17)33-26(29)30)15-22(35)31-10-11-32-24(36)23-20(27)13-18(14-21(23)28)16-6-3-2-4-7-16;2-1-3/h2-9,12-14H,10-11,15H2,1H3,(H,31,35)(H,32,36)(H4,29,30,33);1H,(H,2,3). The van der Waals surface area contributed by atoms with Crippen molar-refractivity contribution in [2.45, 2.75) is 0 Å².